The highest BCUT2D eigenvalue weighted by Crippen LogP contribution is 2.09. The first-order valence-electron chi connectivity index (χ1n) is 7.12. The molecule has 0 saturated carbocycles. The maximum Gasteiger partial charge on any atom is 0.335 e. The van der Waals surface area contributed by atoms with Crippen molar-refractivity contribution < 1.29 is 14.6 Å². The Morgan fingerprint density at radius 1 is 1.16 bits per heavy atom. The van der Waals surface area contributed by atoms with Gasteiger partial charge in [-0.25, -0.2) is 4.79 Å². The molecule has 3 heteroatoms. The van der Waals surface area contributed by atoms with E-state index in [4.69, 9.17) is 4.74 Å². The Kier molecular flexibility index (Phi) is 7.91. The van der Waals surface area contributed by atoms with Crippen molar-refractivity contribution in [3.8, 4) is 0 Å². The van der Waals surface area contributed by atoms with Gasteiger partial charge in [0.15, 0.2) is 6.10 Å². The highest BCUT2D eigenvalue weighted by atomic mass is 16.5. The van der Waals surface area contributed by atoms with Crippen LogP contribution in [0.2, 0.25) is 0 Å². The monoisotopic (exact) mass is 264 g/mol. The summed E-state index contributed by atoms with van der Waals surface area (Å²) in [6, 6.07) is 9.49. The van der Waals surface area contributed by atoms with Crippen LogP contribution in [-0.4, -0.2) is 17.2 Å². The molecule has 0 amide bonds. The average Bonchev–Trinajstić information content (AvgIpc) is 2.45. The molecule has 1 N–H and O–H groups in total. The van der Waals surface area contributed by atoms with Gasteiger partial charge in [-0.05, 0) is 12.0 Å². The van der Waals surface area contributed by atoms with Crippen LogP contribution in [0.4, 0.5) is 0 Å². The van der Waals surface area contributed by atoms with E-state index in [0.717, 1.165) is 18.4 Å². The highest BCUT2D eigenvalue weighted by Gasteiger charge is 2.15. The molecule has 1 aromatic rings. The van der Waals surface area contributed by atoms with Crippen LogP contribution in [0.1, 0.15) is 51.0 Å². The van der Waals surface area contributed by atoms with E-state index in [1.54, 1.807) is 0 Å². The van der Waals surface area contributed by atoms with Gasteiger partial charge in [0, 0.05) is 0 Å². The molecular formula is C16H24O3. The Balaban J connectivity index is 2.14. The fourth-order valence-electron chi connectivity index (χ4n) is 1.88. The number of hydrogen-bond donors (Lipinski definition) is 1. The fraction of sp³-hybridized carbons (Fsp3) is 0.562. The molecule has 0 heterocycles. The van der Waals surface area contributed by atoms with E-state index in [2.05, 4.69) is 6.92 Å². The van der Waals surface area contributed by atoms with Crippen LogP contribution < -0.4 is 0 Å². The smallest absolute Gasteiger partial charge is 0.335 e. The van der Waals surface area contributed by atoms with Crippen LogP contribution in [-0.2, 0) is 16.1 Å². The van der Waals surface area contributed by atoms with Crippen molar-refractivity contribution in [1.82, 2.24) is 0 Å². The SMILES string of the molecule is CCCCCCC[C@H](O)C(=O)OCc1ccccc1. The van der Waals surface area contributed by atoms with Gasteiger partial charge in [-0.15, -0.1) is 0 Å². The lowest BCUT2D eigenvalue weighted by Gasteiger charge is -2.10. The first-order chi connectivity index (χ1) is 9.24. The van der Waals surface area contributed by atoms with Crippen molar-refractivity contribution in [2.45, 2.75) is 58.2 Å². The Bertz CT molecular complexity index is 348. The number of aliphatic hydroxyl groups excluding tert-OH is 1. The molecule has 0 saturated heterocycles. The Morgan fingerprint density at radius 2 is 1.84 bits per heavy atom. The summed E-state index contributed by atoms with van der Waals surface area (Å²) in [5.41, 5.74) is 0.936. The lowest BCUT2D eigenvalue weighted by Crippen LogP contribution is -2.22. The van der Waals surface area contributed by atoms with Crippen molar-refractivity contribution in [2.75, 3.05) is 0 Å². The summed E-state index contributed by atoms with van der Waals surface area (Å²) < 4.78 is 5.08. The summed E-state index contributed by atoms with van der Waals surface area (Å²) >= 11 is 0. The molecule has 0 aromatic heterocycles. The summed E-state index contributed by atoms with van der Waals surface area (Å²) in [7, 11) is 0. The van der Waals surface area contributed by atoms with Crippen molar-refractivity contribution in [3.63, 3.8) is 0 Å². The minimum absolute atomic E-state index is 0.229. The predicted octanol–water partition coefficient (Wildman–Crippen LogP) is 3.45. The van der Waals surface area contributed by atoms with Crippen molar-refractivity contribution in [3.05, 3.63) is 35.9 Å². The highest BCUT2D eigenvalue weighted by molar-refractivity contribution is 5.74. The molecule has 0 aliphatic heterocycles. The first-order valence-corrected chi connectivity index (χ1v) is 7.12. The zero-order chi connectivity index (χ0) is 13.9. The summed E-state index contributed by atoms with van der Waals surface area (Å²) in [6.07, 6.45) is 5.04. The maximum atomic E-state index is 11.6. The van der Waals surface area contributed by atoms with E-state index in [9.17, 15) is 9.90 Å². The molecule has 106 valence electrons. The zero-order valence-corrected chi connectivity index (χ0v) is 11.7. The summed E-state index contributed by atoms with van der Waals surface area (Å²) in [4.78, 5) is 11.6. The van der Waals surface area contributed by atoms with Crippen LogP contribution in [0.15, 0.2) is 30.3 Å². The lowest BCUT2D eigenvalue weighted by molar-refractivity contribution is -0.155. The predicted molar refractivity (Wildman–Crippen MR) is 75.6 cm³/mol. The zero-order valence-electron chi connectivity index (χ0n) is 11.7. The maximum absolute atomic E-state index is 11.6. The number of rotatable bonds is 9. The van der Waals surface area contributed by atoms with Crippen molar-refractivity contribution in [2.24, 2.45) is 0 Å². The lowest BCUT2D eigenvalue weighted by atomic mass is 10.1. The number of ether oxygens (including phenoxy) is 1. The molecule has 0 aliphatic rings. The molecule has 0 unspecified atom stereocenters. The summed E-state index contributed by atoms with van der Waals surface area (Å²) in [5, 5.41) is 9.68. The van der Waals surface area contributed by atoms with Crippen molar-refractivity contribution in [1.29, 1.82) is 0 Å². The van der Waals surface area contributed by atoms with Gasteiger partial charge >= 0.3 is 5.97 Å². The van der Waals surface area contributed by atoms with E-state index >= 15 is 0 Å². The molecular weight excluding hydrogens is 240 g/mol. The number of unbranched alkanes of at least 4 members (excludes halogenated alkanes) is 4. The van der Waals surface area contributed by atoms with E-state index < -0.39 is 12.1 Å². The minimum Gasteiger partial charge on any atom is -0.459 e. The molecule has 0 fully saturated rings. The third-order valence-corrected chi connectivity index (χ3v) is 3.08. The van der Waals surface area contributed by atoms with E-state index in [1.807, 2.05) is 30.3 Å². The normalized spacial score (nSPS) is 12.1. The van der Waals surface area contributed by atoms with Gasteiger partial charge in [0.25, 0.3) is 0 Å². The third-order valence-electron chi connectivity index (χ3n) is 3.08. The quantitative estimate of drug-likeness (QED) is 0.549. The molecule has 0 spiro atoms. The van der Waals surface area contributed by atoms with Gasteiger partial charge in [-0.2, -0.15) is 0 Å². The standard InChI is InChI=1S/C16H24O3/c1-2-3-4-5-9-12-15(17)16(18)19-13-14-10-7-6-8-11-14/h6-8,10-11,15,17H,2-5,9,12-13H2,1H3/t15-/m0/s1. The average molecular weight is 264 g/mol. The van der Waals surface area contributed by atoms with E-state index in [-0.39, 0.29) is 6.61 Å². The number of benzene rings is 1. The van der Waals surface area contributed by atoms with Crippen LogP contribution >= 0.6 is 0 Å². The third kappa shape index (κ3) is 6.97. The summed E-state index contributed by atoms with van der Waals surface area (Å²) in [6.45, 7) is 2.39. The molecule has 0 aliphatic carbocycles. The summed E-state index contributed by atoms with van der Waals surface area (Å²) in [5.74, 6) is -0.514. The second-order valence-corrected chi connectivity index (χ2v) is 4.81. The number of esters is 1. The topological polar surface area (TPSA) is 46.5 Å². The van der Waals surface area contributed by atoms with Gasteiger partial charge in [0.2, 0.25) is 0 Å². The molecule has 0 radical (unpaired) electrons. The van der Waals surface area contributed by atoms with Gasteiger partial charge in [-0.1, -0.05) is 69.4 Å². The van der Waals surface area contributed by atoms with Crippen LogP contribution in [0.25, 0.3) is 0 Å². The number of aliphatic hydroxyl groups is 1. The molecule has 1 rings (SSSR count). The van der Waals surface area contributed by atoms with E-state index in [1.165, 1.54) is 19.3 Å². The van der Waals surface area contributed by atoms with E-state index in [0.29, 0.717) is 6.42 Å². The van der Waals surface area contributed by atoms with Crippen LogP contribution in [0.5, 0.6) is 0 Å². The minimum atomic E-state index is -0.981. The molecule has 19 heavy (non-hydrogen) atoms. The largest absolute Gasteiger partial charge is 0.459 e. The second-order valence-electron chi connectivity index (χ2n) is 4.81. The van der Waals surface area contributed by atoms with Gasteiger partial charge in [0.1, 0.15) is 6.61 Å². The Morgan fingerprint density at radius 3 is 2.53 bits per heavy atom. The van der Waals surface area contributed by atoms with Gasteiger partial charge < -0.3 is 9.84 Å². The van der Waals surface area contributed by atoms with Gasteiger partial charge in [-0.3, -0.25) is 0 Å². The van der Waals surface area contributed by atoms with Crippen LogP contribution in [0.3, 0.4) is 0 Å². The van der Waals surface area contributed by atoms with Crippen molar-refractivity contribution >= 4 is 5.97 Å². The number of carbonyl (C=O) groups is 1. The van der Waals surface area contributed by atoms with Crippen LogP contribution in [0, 0.1) is 0 Å². The molecule has 1 aromatic carbocycles. The Hall–Kier alpha value is -1.35. The molecule has 3 nitrogen and oxygen atoms in total. The molecule has 0 bridgehead atoms. The first kappa shape index (κ1) is 15.7. The number of hydrogen-bond acceptors (Lipinski definition) is 3. The fourth-order valence-corrected chi connectivity index (χ4v) is 1.88. The van der Waals surface area contributed by atoms with Gasteiger partial charge in [0.05, 0.1) is 0 Å². The molecule has 1 atom stereocenters. The Labute approximate surface area is 115 Å². The number of carbonyl (C=O) groups excluding carboxylic acids is 1. The second kappa shape index (κ2) is 9.56.